The number of likely N-dealkylation sites (N-methyl/N-ethyl adjacent to an activating group) is 1. The van der Waals surface area contributed by atoms with Crippen LogP contribution < -0.4 is 0 Å². The maximum Gasteiger partial charge on any atom is 0.410 e. The van der Waals surface area contributed by atoms with E-state index in [-0.39, 0.29) is 12.2 Å². The lowest BCUT2D eigenvalue weighted by molar-refractivity contribution is 0.135. The molecule has 1 heterocycles. The molecule has 1 aromatic rings. The van der Waals surface area contributed by atoms with Crippen LogP contribution in [0.1, 0.15) is 17.2 Å². The van der Waals surface area contributed by atoms with Crippen molar-refractivity contribution in [2.24, 2.45) is 0 Å². The summed E-state index contributed by atoms with van der Waals surface area (Å²) in [5, 5.41) is 8.63. The second-order valence-corrected chi connectivity index (χ2v) is 3.49. The highest BCUT2D eigenvalue weighted by Crippen LogP contribution is 2.24. The van der Waals surface area contributed by atoms with Crippen LogP contribution in [0.25, 0.3) is 0 Å². The Morgan fingerprint density at radius 2 is 2.13 bits per heavy atom. The van der Waals surface area contributed by atoms with Gasteiger partial charge in [-0.1, -0.05) is 12.1 Å². The molecule has 0 bridgehead atoms. The first kappa shape index (κ1) is 9.53. The quantitative estimate of drug-likeness (QED) is 0.696. The summed E-state index contributed by atoms with van der Waals surface area (Å²) in [7, 11) is 1.70. The molecule has 0 aromatic heterocycles. The van der Waals surface area contributed by atoms with Crippen LogP contribution in [0.2, 0.25) is 0 Å². The standard InChI is InChI=1S/C11H10N2O2/c1-13-7-10(15-11(13)14)9-4-2-8(6-12)3-5-9/h2-5,10H,7H2,1H3. The maximum atomic E-state index is 11.1. The summed E-state index contributed by atoms with van der Waals surface area (Å²) in [6.45, 7) is 0.560. The molecular formula is C11H10N2O2. The van der Waals surface area contributed by atoms with Gasteiger partial charge in [-0.3, -0.25) is 0 Å². The van der Waals surface area contributed by atoms with Crippen LogP contribution in [0.15, 0.2) is 24.3 Å². The Morgan fingerprint density at radius 1 is 1.47 bits per heavy atom. The highest BCUT2D eigenvalue weighted by molar-refractivity contribution is 5.69. The zero-order valence-corrected chi connectivity index (χ0v) is 8.30. The first-order valence-corrected chi connectivity index (χ1v) is 4.62. The molecule has 0 spiro atoms. The maximum absolute atomic E-state index is 11.1. The van der Waals surface area contributed by atoms with Gasteiger partial charge in [0.15, 0.2) is 0 Å². The van der Waals surface area contributed by atoms with E-state index in [9.17, 15) is 4.79 Å². The lowest BCUT2D eigenvalue weighted by Gasteiger charge is -2.07. The fourth-order valence-electron chi connectivity index (χ4n) is 1.52. The van der Waals surface area contributed by atoms with Gasteiger partial charge in [-0.05, 0) is 17.7 Å². The average molecular weight is 202 g/mol. The number of nitrogens with zero attached hydrogens (tertiary/aromatic N) is 2. The van der Waals surface area contributed by atoms with Gasteiger partial charge in [-0.2, -0.15) is 5.26 Å². The van der Waals surface area contributed by atoms with Gasteiger partial charge in [0, 0.05) is 7.05 Å². The summed E-state index contributed by atoms with van der Waals surface area (Å²) < 4.78 is 5.14. The molecule has 1 aliphatic rings. The molecule has 1 atom stereocenters. The number of hydrogen-bond donors (Lipinski definition) is 0. The highest BCUT2D eigenvalue weighted by Gasteiger charge is 2.29. The number of carbonyl (C=O) groups is 1. The van der Waals surface area contributed by atoms with E-state index in [1.807, 2.05) is 18.2 Å². The number of rotatable bonds is 1. The first-order chi connectivity index (χ1) is 7.20. The minimum absolute atomic E-state index is 0.213. The van der Waals surface area contributed by atoms with Crippen LogP contribution in [-0.2, 0) is 4.74 Å². The molecule has 1 aliphatic heterocycles. The van der Waals surface area contributed by atoms with Crippen LogP contribution in [0.3, 0.4) is 0 Å². The molecule has 0 radical (unpaired) electrons. The largest absolute Gasteiger partial charge is 0.439 e. The van der Waals surface area contributed by atoms with Crippen molar-refractivity contribution in [2.45, 2.75) is 6.10 Å². The predicted molar refractivity (Wildman–Crippen MR) is 53.0 cm³/mol. The second-order valence-electron chi connectivity index (χ2n) is 3.49. The van der Waals surface area contributed by atoms with Gasteiger partial charge in [-0.15, -0.1) is 0 Å². The molecule has 0 N–H and O–H groups in total. The lowest BCUT2D eigenvalue weighted by Crippen LogP contribution is -2.17. The van der Waals surface area contributed by atoms with Crippen LogP contribution in [-0.4, -0.2) is 24.6 Å². The monoisotopic (exact) mass is 202 g/mol. The Labute approximate surface area is 87.7 Å². The number of ether oxygens (including phenoxy) is 1. The molecule has 2 rings (SSSR count). The minimum Gasteiger partial charge on any atom is -0.439 e. The highest BCUT2D eigenvalue weighted by atomic mass is 16.6. The van der Waals surface area contributed by atoms with Crippen molar-refractivity contribution in [1.82, 2.24) is 4.90 Å². The van der Waals surface area contributed by atoms with Gasteiger partial charge < -0.3 is 9.64 Å². The van der Waals surface area contributed by atoms with E-state index in [0.717, 1.165) is 5.56 Å². The van der Waals surface area contributed by atoms with E-state index in [1.54, 1.807) is 19.2 Å². The third kappa shape index (κ3) is 1.77. The Bertz CT molecular complexity index is 419. The van der Waals surface area contributed by atoms with E-state index in [4.69, 9.17) is 10.00 Å². The zero-order chi connectivity index (χ0) is 10.8. The third-order valence-corrected chi connectivity index (χ3v) is 2.41. The van der Waals surface area contributed by atoms with Gasteiger partial charge in [-0.25, -0.2) is 4.79 Å². The molecular weight excluding hydrogens is 192 g/mol. The Kier molecular flexibility index (Phi) is 2.30. The molecule has 15 heavy (non-hydrogen) atoms. The zero-order valence-electron chi connectivity index (χ0n) is 8.30. The Hall–Kier alpha value is -2.02. The summed E-state index contributed by atoms with van der Waals surface area (Å²) in [6.07, 6.45) is -0.514. The predicted octanol–water partition coefficient (Wildman–Crippen LogP) is 1.68. The number of carbonyl (C=O) groups excluding carboxylic acids is 1. The number of hydrogen-bond acceptors (Lipinski definition) is 3. The molecule has 1 amide bonds. The van der Waals surface area contributed by atoms with E-state index < -0.39 is 0 Å². The van der Waals surface area contributed by atoms with Gasteiger partial charge in [0.25, 0.3) is 0 Å². The van der Waals surface area contributed by atoms with Crippen LogP contribution in [0.4, 0.5) is 4.79 Å². The molecule has 1 unspecified atom stereocenters. The van der Waals surface area contributed by atoms with Crippen molar-refractivity contribution < 1.29 is 9.53 Å². The summed E-state index contributed by atoms with van der Waals surface area (Å²) in [5.74, 6) is 0. The van der Waals surface area contributed by atoms with Gasteiger partial charge in [0.1, 0.15) is 6.10 Å². The van der Waals surface area contributed by atoms with Crippen molar-refractivity contribution in [3.05, 3.63) is 35.4 Å². The molecule has 76 valence electrons. The fourth-order valence-corrected chi connectivity index (χ4v) is 1.52. The van der Waals surface area contributed by atoms with Gasteiger partial charge in [0.2, 0.25) is 0 Å². The second kappa shape index (κ2) is 3.62. The van der Waals surface area contributed by atoms with Crippen molar-refractivity contribution in [3.63, 3.8) is 0 Å². The molecule has 1 aromatic carbocycles. The molecule has 0 aliphatic carbocycles. The number of benzene rings is 1. The molecule has 4 nitrogen and oxygen atoms in total. The van der Waals surface area contributed by atoms with Crippen LogP contribution >= 0.6 is 0 Å². The SMILES string of the molecule is CN1CC(c2ccc(C#N)cc2)OC1=O. The minimum atomic E-state index is -0.302. The summed E-state index contributed by atoms with van der Waals surface area (Å²) in [5.41, 5.74) is 1.53. The number of amides is 1. The first-order valence-electron chi connectivity index (χ1n) is 4.62. The smallest absolute Gasteiger partial charge is 0.410 e. The van der Waals surface area contributed by atoms with Crippen molar-refractivity contribution in [1.29, 1.82) is 5.26 Å². The summed E-state index contributed by atoms with van der Waals surface area (Å²) in [4.78, 5) is 12.7. The van der Waals surface area contributed by atoms with Crippen molar-refractivity contribution in [3.8, 4) is 6.07 Å². The topological polar surface area (TPSA) is 53.3 Å². The fraction of sp³-hybridized carbons (Fsp3) is 0.273. The normalized spacial score (nSPS) is 19.9. The molecule has 1 saturated heterocycles. The summed E-state index contributed by atoms with van der Waals surface area (Å²) in [6, 6.07) is 9.12. The Morgan fingerprint density at radius 3 is 2.60 bits per heavy atom. The van der Waals surface area contributed by atoms with Crippen molar-refractivity contribution >= 4 is 6.09 Å². The number of nitriles is 1. The Balaban J connectivity index is 2.18. The van der Waals surface area contributed by atoms with Crippen LogP contribution in [0.5, 0.6) is 0 Å². The van der Waals surface area contributed by atoms with E-state index >= 15 is 0 Å². The van der Waals surface area contributed by atoms with Crippen molar-refractivity contribution in [2.75, 3.05) is 13.6 Å². The van der Waals surface area contributed by atoms with Crippen LogP contribution in [0, 0.1) is 11.3 Å². The average Bonchev–Trinajstić information content (AvgIpc) is 2.59. The molecule has 1 fully saturated rings. The third-order valence-electron chi connectivity index (χ3n) is 2.41. The van der Waals surface area contributed by atoms with Gasteiger partial charge >= 0.3 is 6.09 Å². The van der Waals surface area contributed by atoms with E-state index in [2.05, 4.69) is 0 Å². The van der Waals surface area contributed by atoms with E-state index in [1.165, 1.54) is 4.90 Å². The molecule has 0 saturated carbocycles. The van der Waals surface area contributed by atoms with E-state index in [0.29, 0.717) is 12.1 Å². The number of cyclic esters (lactones) is 1. The van der Waals surface area contributed by atoms with Gasteiger partial charge in [0.05, 0.1) is 18.2 Å². The molecule has 4 heteroatoms. The lowest BCUT2D eigenvalue weighted by atomic mass is 10.1. The summed E-state index contributed by atoms with van der Waals surface area (Å²) >= 11 is 0.